The number of nitrogens with zero attached hydrogens (tertiary/aromatic N) is 2. The Morgan fingerprint density at radius 1 is 1.40 bits per heavy atom. The van der Waals surface area contributed by atoms with Gasteiger partial charge in [-0.1, -0.05) is 12.1 Å². The molecule has 2 heterocycles. The molecule has 1 unspecified atom stereocenters. The van der Waals surface area contributed by atoms with Crippen molar-refractivity contribution >= 4 is 17.3 Å². The first-order valence-corrected chi connectivity index (χ1v) is 6.62. The standard InChI is InChI=1S/C16H17N3O/c1-11-4-3-5-13(8-11)19-14-6-7-18-10-12(14)9-16(19,2)15(17)20/h3-8,10H,9H2,1-2H3,(H2,17,20). The van der Waals surface area contributed by atoms with Gasteiger partial charge in [-0.15, -0.1) is 0 Å². The van der Waals surface area contributed by atoms with E-state index in [0.29, 0.717) is 6.42 Å². The van der Waals surface area contributed by atoms with Gasteiger partial charge in [0.25, 0.3) is 0 Å². The number of carbonyl (C=O) groups excluding carboxylic acids is 1. The van der Waals surface area contributed by atoms with Gasteiger partial charge in [0.1, 0.15) is 5.54 Å². The molecule has 0 fully saturated rings. The Morgan fingerprint density at radius 2 is 2.20 bits per heavy atom. The van der Waals surface area contributed by atoms with Crippen LogP contribution in [0.1, 0.15) is 18.1 Å². The van der Waals surface area contributed by atoms with Crippen molar-refractivity contribution in [2.45, 2.75) is 25.8 Å². The van der Waals surface area contributed by atoms with Crippen LogP contribution >= 0.6 is 0 Å². The number of rotatable bonds is 2. The summed E-state index contributed by atoms with van der Waals surface area (Å²) in [5.74, 6) is -0.324. The van der Waals surface area contributed by atoms with Crippen molar-refractivity contribution in [1.82, 2.24) is 4.98 Å². The number of aromatic nitrogens is 1. The monoisotopic (exact) mass is 267 g/mol. The van der Waals surface area contributed by atoms with E-state index in [1.807, 2.05) is 49.2 Å². The first kappa shape index (κ1) is 12.7. The van der Waals surface area contributed by atoms with E-state index in [4.69, 9.17) is 5.73 Å². The minimum atomic E-state index is -0.751. The molecule has 1 amide bonds. The fourth-order valence-corrected chi connectivity index (χ4v) is 2.88. The molecule has 102 valence electrons. The van der Waals surface area contributed by atoms with Crippen LogP contribution in [0.3, 0.4) is 0 Å². The highest BCUT2D eigenvalue weighted by Gasteiger charge is 2.45. The lowest BCUT2D eigenvalue weighted by Gasteiger charge is -2.34. The van der Waals surface area contributed by atoms with Gasteiger partial charge in [-0.3, -0.25) is 9.78 Å². The summed E-state index contributed by atoms with van der Waals surface area (Å²) < 4.78 is 0. The van der Waals surface area contributed by atoms with Crippen LogP contribution in [0.4, 0.5) is 11.4 Å². The molecule has 0 bridgehead atoms. The summed E-state index contributed by atoms with van der Waals surface area (Å²) in [6, 6.07) is 10.0. The number of hydrogen-bond acceptors (Lipinski definition) is 3. The average Bonchev–Trinajstić information content (AvgIpc) is 2.72. The molecule has 1 aliphatic rings. The maximum Gasteiger partial charge on any atom is 0.243 e. The second-order valence-corrected chi connectivity index (χ2v) is 5.49. The molecule has 1 atom stereocenters. The van der Waals surface area contributed by atoms with Crippen molar-refractivity contribution in [3.63, 3.8) is 0 Å². The largest absolute Gasteiger partial charge is 0.368 e. The van der Waals surface area contributed by atoms with Crippen molar-refractivity contribution in [2.75, 3.05) is 4.90 Å². The summed E-state index contributed by atoms with van der Waals surface area (Å²) in [7, 11) is 0. The third kappa shape index (κ3) is 1.76. The van der Waals surface area contributed by atoms with E-state index < -0.39 is 5.54 Å². The Bertz CT molecular complexity index is 683. The lowest BCUT2D eigenvalue weighted by molar-refractivity contribution is -0.122. The van der Waals surface area contributed by atoms with E-state index in [2.05, 4.69) is 11.1 Å². The number of nitrogens with two attached hydrogens (primary N) is 1. The van der Waals surface area contributed by atoms with Crippen LogP contribution in [-0.2, 0) is 11.2 Å². The number of benzene rings is 1. The summed E-state index contributed by atoms with van der Waals surface area (Å²) in [6.07, 6.45) is 4.14. The molecule has 1 aliphatic heterocycles. The Balaban J connectivity index is 2.20. The van der Waals surface area contributed by atoms with Crippen LogP contribution in [0.15, 0.2) is 42.7 Å². The van der Waals surface area contributed by atoms with Crippen molar-refractivity contribution < 1.29 is 4.79 Å². The predicted molar refractivity (Wildman–Crippen MR) is 78.9 cm³/mol. The van der Waals surface area contributed by atoms with E-state index in [0.717, 1.165) is 22.5 Å². The zero-order chi connectivity index (χ0) is 14.3. The topological polar surface area (TPSA) is 59.2 Å². The molecule has 3 rings (SSSR count). The Morgan fingerprint density at radius 3 is 2.90 bits per heavy atom. The lowest BCUT2D eigenvalue weighted by Crippen LogP contribution is -2.52. The van der Waals surface area contributed by atoms with Gasteiger partial charge >= 0.3 is 0 Å². The smallest absolute Gasteiger partial charge is 0.243 e. The molecular formula is C16H17N3O. The van der Waals surface area contributed by atoms with Crippen molar-refractivity contribution in [3.8, 4) is 0 Å². The normalized spacial score (nSPS) is 20.8. The maximum absolute atomic E-state index is 12.0. The van der Waals surface area contributed by atoms with Crippen molar-refractivity contribution in [2.24, 2.45) is 5.73 Å². The van der Waals surface area contributed by atoms with Crippen LogP contribution in [0, 0.1) is 6.92 Å². The molecule has 0 saturated carbocycles. The number of pyridine rings is 1. The van der Waals surface area contributed by atoms with E-state index in [1.54, 1.807) is 6.20 Å². The fraction of sp³-hybridized carbons (Fsp3) is 0.250. The summed E-state index contributed by atoms with van der Waals surface area (Å²) in [5.41, 5.74) is 9.12. The van der Waals surface area contributed by atoms with E-state index in [9.17, 15) is 4.79 Å². The van der Waals surface area contributed by atoms with Crippen LogP contribution in [0.5, 0.6) is 0 Å². The molecule has 0 spiro atoms. The molecular weight excluding hydrogens is 250 g/mol. The van der Waals surface area contributed by atoms with E-state index >= 15 is 0 Å². The van der Waals surface area contributed by atoms with Gasteiger partial charge in [-0.25, -0.2) is 0 Å². The number of anilines is 2. The molecule has 20 heavy (non-hydrogen) atoms. The van der Waals surface area contributed by atoms with E-state index in [1.165, 1.54) is 0 Å². The minimum absolute atomic E-state index is 0.324. The minimum Gasteiger partial charge on any atom is -0.368 e. The number of aryl methyl sites for hydroxylation is 1. The second-order valence-electron chi connectivity index (χ2n) is 5.49. The highest BCUT2D eigenvalue weighted by Crippen LogP contribution is 2.43. The number of fused-ring (bicyclic) bond motifs is 1. The van der Waals surface area contributed by atoms with Crippen LogP contribution < -0.4 is 10.6 Å². The third-order valence-electron chi connectivity index (χ3n) is 3.94. The van der Waals surface area contributed by atoms with Gasteiger partial charge in [0, 0.05) is 30.2 Å². The van der Waals surface area contributed by atoms with Crippen LogP contribution in [0.2, 0.25) is 0 Å². The Kier molecular flexibility index (Phi) is 2.74. The fourth-order valence-electron chi connectivity index (χ4n) is 2.88. The molecule has 2 N–H and O–H groups in total. The summed E-state index contributed by atoms with van der Waals surface area (Å²) in [6.45, 7) is 3.92. The highest BCUT2D eigenvalue weighted by atomic mass is 16.1. The molecule has 2 aromatic rings. The zero-order valence-electron chi connectivity index (χ0n) is 11.6. The van der Waals surface area contributed by atoms with E-state index in [-0.39, 0.29) is 5.91 Å². The number of carbonyl (C=O) groups is 1. The Labute approximate surface area is 118 Å². The first-order valence-electron chi connectivity index (χ1n) is 6.62. The van der Waals surface area contributed by atoms with Crippen molar-refractivity contribution in [1.29, 1.82) is 0 Å². The quantitative estimate of drug-likeness (QED) is 0.908. The molecule has 0 radical (unpaired) electrons. The van der Waals surface area contributed by atoms with Gasteiger partial charge in [-0.05, 0) is 43.2 Å². The molecule has 4 heteroatoms. The SMILES string of the molecule is Cc1cccc(N2c3ccncc3CC2(C)C(N)=O)c1. The van der Waals surface area contributed by atoms with Crippen molar-refractivity contribution in [3.05, 3.63) is 53.9 Å². The third-order valence-corrected chi connectivity index (χ3v) is 3.94. The highest BCUT2D eigenvalue weighted by molar-refractivity contribution is 5.94. The van der Waals surface area contributed by atoms with Gasteiger partial charge < -0.3 is 10.6 Å². The number of hydrogen-bond donors (Lipinski definition) is 1. The van der Waals surface area contributed by atoms with Gasteiger partial charge in [0.2, 0.25) is 5.91 Å². The number of amides is 1. The van der Waals surface area contributed by atoms with Gasteiger partial charge in [0.05, 0.1) is 0 Å². The summed E-state index contributed by atoms with van der Waals surface area (Å²) >= 11 is 0. The first-order chi connectivity index (χ1) is 9.52. The zero-order valence-corrected chi connectivity index (χ0v) is 11.6. The molecule has 4 nitrogen and oxygen atoms in total. The molecule has 0 aliphatic carbocycles. The van der Waals surface area contributed by atoms with Crippen LogP contribution in [-0.4, -0.2) is 16.4 Å². The summed E-state index contributed by atoms with van der Waals surface area (Å²) in [5, 5.41) is 0. The maximum atomic E-state index is 12.0. The average molecular weight is 267 g/mol. The van der Waals surface area contributed by atoms with Gasteiger partial charge in [-0.2, -0.15) is 0 Å². The Hall–Kier alpha value is -2.36. The second kappa shape index (κ2) is 4.34. The molecule has 1 aromatic heterocycles. The lowest BCUT2D eigenvalue weighted by atomic mass is 9.95. The van der Waals surface area contributed by atoms with Crippen LogP contribution in [0.25, 0.3) is 0 Å². The molecule has 0 saturated heterocycles. The summed E-state index contributed by atoms with van der Waals surface area (Å²) in [4.78, 5) is 18.2. The van der Waals surface area contributed by atoms with Gasteiger partial charge in [0.15, 0.2) is 0 Å². The number of primary amides is 1. The molecule has 1 aromatic carbocycles. The predicted octanol–water partition coefficient (Wildman–Crippen LogP) is 2.33.